The third-order valence-corrected chi connectivity index (χ3v) is 3.54. The van der Waals surface area contributed by atoms with Crippen LogP contribution in [0.1, 0.15) is 16.1 Å². The minimum absolute atomic E-state index is 0.00949. The fourth-order valence-electron chi connectivity index (χ4n) is 2.24. The summed E-state index contributed by atoms with van der Waals surface area (Å²) < 4.78 is 37.9. The maximum Gasteiger partial charge on any atom is 0.416 e. The van der Waals surface area contributed by atoms with E-state index in [0.717, 1.165) is 17.3 Å². The number of primary amides is 1. The molecule has 1 amide bonds. The van der Waals surface area contributed by atoms with Crippen LogP contribution in [0, 0.1) is 0 Å². The Hall–Kier alpha value is -3.18. The van der Waals surface area contributed by atoms with Crippen LogP contribution in [0.25, 0.3) is 0 Å². The Morgan fingerprint density at radius 2 is 1.88 bits per heavy atom. The first kappa shape index (κ1) is 17.6. The van der Waals surface area contributed by atoms with Crippen molar-refractivity contribution < 1.29 is 23.2 Å². The smallest absolute Gasteiger partial charge is 0.364 e. The average Bonchev–Trinajstić information content (AvgIpc) is 2.95. The molecule has 1 aromatic heterocycles. The Bertz CT molecular complexity index is 823. The van der Waals surface area contributed by atoms with Crippen molar-refractivity contribution >= 4 is 17.4 Å². The molecule has 1 aliphatic rings. The summed E-state index contributed by atoms with van der Waals surface area (Å²) in [5.74, 6) is -0.458. The van der Waals surface area contributed by atoms with E-state index < -0.39 is 23.8 Å². The summed E-state index contributed by atoms with van der Waals surface area (Å²) in [5.41, 5.74) is 4.61. The van der Waals surface area contributed by atoms with Crippen LogP contribution in [0.3, 0.4) is 0 Å². The monoisotopic (exact) mass is 366 g/mol. The van der Waals surface area contributed by atoms with Gasteiger partial charge in [0.1, 0.15) is 17.7 Å². The van der Waals surface area contributed by atoms with Crippen LogP contribution in [-0.2, 0) is 6.18 Å². The quantitative estimate of drug-likeness (QED) is 0.759. The number of rotatable bonds is 4. The molecule has 2 aromatic rings. The fraction of sp³-hybridized carbons (Fsp3) is 0.133. The van der Waals surface area contributed by atoms with Crippen molar-refractivity contribution in [1.82, 2.24) is 15.1 Å². The first-order valence-corrected chi connectivity index (χ1v) is 7.27. The topological polar surface area (TPSA) is 108 Å². The molecule has 0 aliphatic carbocycles. The maximum atomic E-state index is 12.6. The number of carbonyl (C=O) groups excluding carboxylic acids is 1. The predicted molar refractivity (Wildman–Crippen MR) is 84.6 cm³/mol. The first-order valence-electron chi connectivity index (χ1n) is 7.27. The Balaban J connectivity index is 1.69. The lowest BCUT2D eigenvalue weighted by Gasteiger charge is -2.28. The molecule has 1 unspecified atom stereocenters. The third-order valence-electron chi connectivity index (χ3n) is 3.54. The number of alkyl halides is 3. The summed E-state index contributed by atoms with van der Waals surface area (Å²) in [6.45, 7) is 0. The molecule has 0 saturated heterocycles. The van der Waals surface area contributed by atoms with Gasteiger partial charge in [-0.2, -0.15) is 13.2 Å². The predicted octanol–water partition coefficient (Wildman–Crippen LogP) is 1.97. The summed E-state index contributed by atoms with van der Waals surface area (Å²) in [5, 5.41) is 15.1. The lowest BCUT2D eigenvalue weighted by atomic mass is 10.2. The van der Waals surface area contributed by atoms with Crippen molar-refractivity contribution in [2.45, 2.75) is 12.3 Å². The average molecular weight is 366 g/mol. The summed E-state index contributed by atoms with van der Waals surface area (Å²) in [7, 11) is 0. The number of hydrogen-bond acceptors (Lipinski definition) is 7. The van der Waals surface area contributed by atoms with Crippen molar-refractivity contribution in [3.8, 4) is 0 Å². The number of benzene rings is 1. The number of hydrazine groups is 1. The van der Waals surface area contributed by atoms with Gasteiger partial charge in [-0.1, -0.05) is 5.17 Å². The zero-order valence-electron chi connectivity index (χ0n) is 13.1. The first-order chi connectivity index (χ1) is 12.3. The van der Waals surface area contributed by atoms with E-state index in [1.54, 1.807) is 6.08 Å². The van der Waals surface area contributed by atoms with Crippen LogP contribution >= 0.6 is 0 Å². The van der Waals surface area contributed by atoms with Crippen LogP contribution < -0.4 is 16.1 Å². The zero-order valence-corrected chi connectivity index (χ0v) is 13.1. The van der Waals surface area contributed by atoms with E-state index in [0.29, 0.717) is 5.69 Å². The summed E-state index contributed by atoms with van der Waals surface area (Å²) in [6, 6.07) is 4.32. The number of nitrogens with two attached hydrogens (primary N) is 1. The molecule has 1 atom stereocenters. The normalized spacial score (nSPS) is 17.5. The minimum Gasteiger partial charge on any atom is -0.364 e. The number of aromatic nitrogens is 2. The molecule has 1 aliphatic heterocycles. The summed E-state index contributed by atoms with van der Waals surface area (Å²) in [4.78, 5) is 18.7. The van der Waals surface area contributed by atoms with E-state index in [9.17, 15) is 23.2 Å². The molecule has 2 heterocycles. The minimum atomic E-state index is -4.43. The van der Waals surface area contributed by atoms with Gasteiger partial charge in [-0.3, -0.25) is 15.0 Å². The van der Waals surface area contributed by atoms with Crippen molar-refractivity contribution in [2.75, 3.05) is 10.3 Å². The molecule has 26 heavy (non-hydrogen) atoms. The van der Waals surface area contributed by atoms with Gasteiger partial charge in [0.25, 0.3) is 5.91 Å². The number of nitrogens with zero attached hydrogens (tertiary/aromatic N) is 4. The molecule has 11 heteroatoms. The summed E-state index contributed by atoms with van der Waals surface area (Å²) in [6.07, 6.45) is 0.303. The number of amides is 1. The van der Waals surface area contributed by atoms with Gasteiger partial charge in [0.05, 0.1) is 23.6 Å². The largest absolute Gasteiger partial charge is 0.416 e. The molecular formula is C15H13F3N6O2. The van der Waals surface area contributed by atoms with Gasteiger partial charge in [-0.15, -0.1) is 0 Å². The number of hydroxylamine groups is 1. The maximum absolute atomic E-state index is 12.6. The molecule has 0 bridgehead atoms. The van der Waals surface area contributed by atoms with E-state index in [-0.39, 0.29) is 11.5 Å². The van der Waals surface area contributed by atoms with Crippen molar-refractivity contribution in [1.29, 1.82) is 0 Å². The van der Waals surface area contributed by atoms with E-state index in [4.69, 9.17) is 5.73 Å². The lowest BCUT2D eigenvalue weighted by molar-refractivity contribution is -0.137. The SMILES string of the molecule is NC(=O)c1cnc(NC2C=CN(c3ccc(C(F)(F)F)cc3)N2O)cn1. The molecule has 136 valence electrons. The molecule has 3 rings (SSSR count). The standard InChI is InChI=1S/C15H13F3N6O2/c16-15(17,18)9-1-3-10(4-2-9)23-6-5-13(24(23)26)22-12-8-20-11(7-21-12)14(19)25/h1-8,13,26H,(H2,19,25)(H,21,22). The van der Waals surface area contributed by atoms with Crippen LogP contribution in [0.2, 0.25) is 0 Å². The number of carbonyl (C=O) groups is 1. The van der Waals surface area contributed by atoms with Gasteiger partial charge in [0.2, 0.25) is 0 Å². The fourth-order valence-corrected chi connectivity index (χ4v) is 2.24. The van der Waals surface area contributed by atoms with E-state index in [1.807, 2.05) is 0 Å². The second kappa shape index (κ2) is 6.61. The molecule has 0 spiro atoms. The van der Waals surface area contributed by atoms with Crippen LogP contribution in [0.5, 0.6) is 0 Å². The van der Waals surface area contributed by atoms with Gasteiger partial charge in [0.15, 0.2) is 0 Å². The molecule has 8 nitrogen and oxygen atoms in total. The second-order valence-corrected chi connectivity index (χ2v) is 5.29. The van der Waals surface area contributed by atoms with E-state index in [2.05, 4.69) is 15.3 Å². The van der Waals surface area contributed by atoms with E-state index in [1.165, 1.54) is 35.7 Å². The van der Waals surface area contributed by atoms with Crippen molar-refractivity contribution in [2.24, 2.45) is 5.73 Å². The van der Waals surface area contributed by atoms with Crippen LogP contribution in [0.4, 0.5) is 24.7 Å². The molecular weight excluding hydrogens is 353 g/mol. The van der Waals surface area contributed by atoms with Gasteiger partial charge in [-0.25, -0.2) is 9.97 Å². The third kappa shape index (κ3) is 3.58. The highest BCUT2D eigenvalue weighted by molar-refractivity contribution is 5.90. The number of halogens is 3. The molecule has 4 N–H and O–H groups in total. The van der Waals surface area contributed by atoms with Gasteiger partial charge >= 0.3 is 6.18 Å². The lowest BCUT2D eigenvalue weighted by Crippen LogP contribution is -2.42. The second-order valence-electron chi connectivity index (χ2n) is 5.29. The Kier molecular flexibility index (Phi) is 4.49. The summed E-state index contributed by atoms with van der Waals surface area (Å²) >= 11 is 0. The molecule has 0 radical (unpaired) electrons. The van der Waals surface area contributed by atoms with Gasteiger partial charge < -0.3 is 11.1 Å². The Morgan fingerprint density at radius 3 is 2.42 bits per heavy atom. The highest BCUT2D eigenvalue weighted by Crippen LogP contribution is 2.31. The molecule has 0 saturated carbocycles. The van der Waals surface area contributed by atoms with Crippen LogP contribution in [-0.4, -0.2) is 32.4 Å². The Labute approximate surface area is 145 Å². The zero-order chi connectivity index (χ0) is 18.9. The van der Waals surface area contributed by atoms with Crippen LogP contribution in [0.15, 0.2) is 48.9 Å². The van der Waals surface area contributed by atoms with Gasteiger partial charge in [0, 0.05) is 6.20 Å². The Morgan fingerprint density at radius 1 is 1.19 bits per heavy atom. The number of nitrogens with one attached hydrogen (secondary N) is 1. The highest BCUT2D eigenvalue weighted by Gasteiger charge is 2.31. The highest BCUT2D eigenvalue weighted by atomic mass is 19.4. The van der Waals surface area contributed by atoms with Crippen molar-refractivity contribution in [3.05, 3.63) is 60.2 Å². The number of hydrogen-bond donors (Lipinski definition) is 3. The van der Waals surface area contributed by atoms with E-state index >= 15 is 0 Å². The molecule has 0 fully saturated rings. The molecule has 1 aromatic carbocycles. The van der Waals surface area contributed by atoms with Crippen molar-refractivity contribution in [3.63, 3.8) is 0 Å². The van der Waals surface area contributed by atoms with Gasteiger partial charge in [-0.05, 0) is 30.3 Å². The number of anilines is 2.